The van der Waals surface area contributed by atoms with E-state index in [0.717, 1.165) is 6.07 Å². The zero-order chi connectivity index (χ0) is 20.0. The van der Waals surface area contributed by atoms with Gasteiger partial charge in [-0.05, 0) is 31.2 Å². The van der Waals surface area contributed by atoms with E-state index < -0.39 is 23.7 Å². The molecule has 0 aliphatic carbocycles. The van der Waals surface area contributed by atoms with Crippen LogP contribution in [-0.2, 0) is 6.18 Å². The molecule has 0 aliphatic rings. The smallest absolute Gasteiger partial charge is 0.419 e. The molecule has 1 unspecified atom stereocenters. The van der Waals surface area contributed by atoms with E-state index in [1.54, 1.807) is 25.1 Å². The number of para-hydroxylation sites is 1. The van der Waals surface area contributed by atoms with Crippen molar-refractivity contribution in [2.45, 2.75) is 19.1 Å². The summed E-state index contributed by atoms with van der Waals surface area (Å²) in [6.07, 6.45) is -4.51. The van der Waals surface area contributed by atoms with Crippen LogP contribution in [0.25, 0.3) is 0 Å². The van der Waals surface area contributed by atoms with E-state index in [1.165, 1.54) is 32.4 Å². The molecule has 0 radical (unpaired) electrons. The van der Waals surface area contributed by atoms with Gasteiger partial charge in [0.25, 0.3) is 5.91 Å². The Morgan fingerprint density at radius 1 is 1.07 bits per heavy atom. The topological polar surface area (TPSA) is 56.8 Å². The molecule has 2 aromatic rings. The average molecular weight is 383 g/mol. The lowest BCUT2D eigenvalue weighted by Gasteiger charge is -2.18. The van der Waals surface area contributed by atoms with Crippen LogP contribution >= 0.6 is 0 Å². The molecule has 0 aromatic heterocycles. The highest BCUT2D eigenvalue weighted by molar-refractivity contribution is 5.97. The van der Waals surface area contributed by atoms with Gasteiger partial charge >= 0.3 is 6.18 Å². The van der Waals surface area contributed by atoms with Crippen molar-refractivity contribution < 1.29 is 32.2 Å². The van der Waals surface area contributed by atoms with Gasteiger partial charge in [-0.1, -0.05) is 12.1 Å². The van der Waals surface area contributed by atoms with E-state index in [-0.39, 0.29) is 17.9 Å². The lowest BCUT2D eigenvalue weighted by molar-refractivity contribution is -0.139. The fourth-order valence-corrected chi connectivity index (χ4v) is 2.37. The molecule has 0 spiro atoms. The maximum Gasteiger partial charge on any atom is 0.419 e. The number of benzene rings is 2. The van der Waals surface area contributed by atoms with Crippen LogP contribution in [0.5, 0.6) is 17.2 Å². The molecule has 2 aromatic carbocycles. The van der Waals surface area contributed by atoms with Crippen LogP contribution < -0.4 is 19.5 Å². The van der Waals surface area contributed by atoms with Gasteiger partial charge in [0.05, 0.1) is 31.4 Å². The fraction of sp³-hybridized carbons (Fsp3) is 0.316. The molecule has 27 heavy (non-hydrogen) atoms. The molecule has 5 nitrogen and oxygen atoms in total. The molecule has 2 rings (SSSR count). The lowest BCUT2D eigenvalue weighted by Crippen LogP contribution is -2.37. The van der Waals surface area contributed by atoms with Gasteiger partial charge in [-0.25, -0.2) is 0 Å². The van der Waals surface area contributed by atoms with Gasteiger partial charge in [0, 0.05) is 6.07 Å². The number of amides is 1. The SMILES string of the molecule is COc1ccc(C(=O)NC(C)COc2ccccc2C(F)(F)F)c(OC)c1. The predicted molar refractivity (Wildman–Crippen MR) is 93.4 cm³/mol. The number of hydrogen-bond acceptors (Lipinski definition) is 4. The Kier molecular flexibility index (Phi) is 6.55. The van der Waals surface area contributed by atoms with Crippen molar-refractivity contribution in [3.05, 3.63) is 53.6 Å². The molecule has 0 bridgehead atoms. The fourth-order valence-electron chi connectivity index (χ4n) is 2.37. The normalized spacial score (nSPS) is 12.2. The standard InChI is InChI=1S/C19H20F3NO4/c1-12(11-27-16-7-5-4-6-15(16)19(20,21)22)23-18(24)14-9-8-13(25-2)10-17(14)26-3/h4-10,12H,11H2,1-3H3,(H,23,24). The molecule has 0 fully saturated rings. The Balaban J connectivity index is 2.03. The van der Waals surface area contributed by atoms with Crippen LogP contribution in [0, 0.1) is 0 Å². The number of rotatable bonds is 7. The van der Waals surface area contributed by atoms with E-state index >= 15 is 0 Å². The number of carbonyl (C=O) groups excluding carboxylic acids is 1. The number of ether oxygens (including phenoxy) is 3. The Morgan fingerprint density at radius 3 is 2.41 bits per heavy atom. The summed E-state index contributed by atoms with van der Waals surface area (Å²) in [6, 6.07) is 9.11. The average Bonchev–Trinajstić information content (AvgIpc) is 2.65. The van der Waals surface area contributed by atoms with Crippen LogP contribution in [0.3, 0.4) is 0 Å². The third kappa shape index (κ3) is 5.29. The summed E-state index contributed by atoms with van der Waals surface area (Å²) in [6.45, 7) is 1.50. The molecular weight excluding hydrogens is 363 g/mol. The Hall–Kier alpha value is -2.90. The van der Waals surface area contributed by atoms with Crippen molar-refractivity contribution >= 4 is 5.91 Å². The molecule has 1 N–H and O–H groups in total. The molecular formula is C19H20F3NO4. The minimum absolute atomic E-state index is 0.128. The van der Waals surface area contributed by atoms with E-state index in [0.29, 0.717) is 11.5 Å². The summed E-state index contributed by atoms with van der Waals surface area (Å²) >= 11 is 0. The van der Waals surface area contributed by atoms with E-state index in [2.05, 4.69) is 5.32 Å². The van der Waals surface area contributed by atoms with Gasteiger partial charge in [0.1, 0.15) is 23.9 Å². The number of methoxy groups -OCH3 is 2. The molecule has 0 heterocycles. The number of carbonyl (C=O) groups is 1. The van der Waals surface area contributed by atoms with Gasteiger partial charge < -0.3 is 19.5 Å². The van der Waals surface area contributed by atoms with Crippen molar-refractivity contribution in [2.24, 2.45) is 0 Å². The molecule has 1 atom stereocenters. The third-order valence-corrected chi connectivity index (χ3v) is 3.71. The predicted octanol–water partition coefficient (Wildman–Crippen LogP) is 3.92. The first kappa shape index (κ1) is 20.4. The first-order chi connectivity index (χ1) is 12.8. The number of hydrogen-bond donors (Lipinski definition) is 1. The van der Waals surface area contributed by atoms with Crippen LogP contribution in [0.2, 0.25) is 0 Å². The highest BCUT2D eigenvalue weighted by Crippen LogP contribution is 2.35. The van der Waals surface area contributed by atoms with Gasteiger partial charge in [0.2, 0.25) is 0 Å². The second-order valence-corrected chi connectivity index (χ2v) is 5.75. The van der Waals surface area contributed by atoms with Crippen LogP contribution in [-0.4, -0.2) is 32.8 Å². The number of halogens is 3. The zero-order valence-electron chi connectivity index (χ0n) is 15.1. The Labute approximate surface area is 155 Å². The number of nitrogens with one attached hydrogen (secondary N) is 1. The Bertz CT molecular complexity index is 793. The summed E-state index contributed by atoms with van der Waals surface area (Å²) in [4.78, 5) is 12.4. The van der Waals surface area contributed by atoms with Gasteiger partial charge in [-0.2, -0.15) is 13.2 Å². The second kappa shape index (κ2) is 8.66. The molecule has 0 saturated carbocycles. The van der Waals surface area contributed by atoms with Gasteiger partial charge in [-0.3, -0.25) is 4.79 Å². The lowest BCUT2D eigenvalue weighted by atomic mass is 10.1. The minimum atomic E-state index is -4.51. The largest absolute Gasteiger partial charge is 0.497 e. The maximum atomic E-state index is 13.0. The molecule has 8 heteroatoms. The minimum Gasteiger partial charge on any atom is -0.497 e. The summed E-state index contributed by atoms with van der Waals surface area (Å²) in [5, 5.41) is 2.67. The van der Waals surface area contributed by atoms with Gasteiger partial charge in [-0.15, -0.1) is 0 Å². The van der Waals surface area contributed by atoms with Crippen molar-refractivity contribution in [1.82, 2.24) is 5.32 Å². The highest BCUT2D eigenvalue weighted by Gasteiger charge is 2.34. The quantitative estimate of drug-likeness (QED) is 0.787. The van der Waals surface area contributed by atoms with Crippen molar-refractivity contribution in [3.8, 4) is 17.2 Å². The van der Waals surface area contributed by atoms with Gasteiger partial charge in [0.15, 0.2) is 0 Å². The van der Waals surface area contributed by atoms with Crippen LogP contribution in [0.4, 0.5) is 13.2 Å². The van der Waals surface area contributed by atoms with Crippen LogP contribution in [0.15, 0.2) is 42.5 Å². The summed E-state index contributed by atoms with van der Waals surface area (Å²) in [7, 11) is 2.92. The highest BCUT2D eigenvalue weighted by atomic mass is 19.4. The third-order valence-electron chi connectivity index (χ3n) is 3.71. The van der Waals surface area contributed by atoms with E-state index in [9.17, 15) is 18.0 Å². The van der Waals surface area contributed by atoms with E-state index in [4.69, 9.17) is 14.2 Å². The zero-order valence-corrected chi connectivity index (χ0v) is 15.1. The first-order valence-electron chi connectivity index (χ1n) is 8.08. The van der Waals surface area contributed by atoms with E-state index in [1.807, 2.05) is 0 Å². The molecule has 146 valence electrons. The Morgan fingerprint density at radius 2 is 1.78 bits per heavy atom. The maximum absolute atomic E-state index is 13.0. The summed E-state index contributed by atoms with van der Waals surface area (Å²) in [5.41, 5.74) is -0.582. The second-order valence-electron chi connectivity index (χ2n) is 5.75. The van der Waals surface area contributed by atoms with Crippen molar-refractivity contribution in [3.63, 3.8) is 0 Å². The monoisotopic (exact) mass is 383 g/mol. The first-order valence-corrected chi connectivity index (χ1v) is 8.08. The van der Waals surface area contributed by atoms with Crippen molar-refractivity contribution in [1.29, 1.82) is 0 Å². The molecule has 0 aliphatic heterocycles. The molecule has 1 amide bonds. The summed E-state index contributed by atoms with van der Waals surface area (Å²) in [5.74, 6) is 0.133. The number of alkyl halides is 3. The molecule has 0 saturated heterocycles. The van der Waals surface area contributed by atoms with Crippen LogP contribution in [0.1, 0.15) is 22.8 Å². The summed E-state index contributed by atoms with van der Waals surface area (Å²) < 4.78 is 54.4. The van der Waals surface area contributed by atoms with Crippen molar-refractivity contribution in [2.75, 3.05) is 20.8 Å².